The van der Waals surface area contributed by atoms with E-state index in [2.05, 4.69) is 57.0 Å². The first-order chi connectivity index (χ1) is 9.60. The molecule has 2 atom stereocenters. The Morgan fingerprint density at radius 2 is 2.05 bits per heavy atom. The van der Waals surface area contributed by atoms with Crippen LogP contribution in [0.15, 0.2) is 44.7 Å². The number of halogens is 2. The number of hydrogen-bond acceptors (Lipinski definition) is 3. The van der Waals surface area contributed by atoms with Crippen LogP contribution in [0.3, 0.4) is 0 Å². The Labute approximate surface area is 140 Å². The molecule has 1 heterocycles. The fourth-order valence-corrected chi connectivity index (χ4v) is 3.92. The van der Waals surface area contributed by atoms with Crippen LogP contribution in [0, 0.1) is 0 Å². The first-order valence-electron chi connectivity index (χ1n) is 6.47. The second kappa shape index (κ2) is 7.71. The van der Waals surface area contributed by atoms with E-state index in [1.165, 1.54) is 4.88 Å². The molecule has 0 aliphatic rings. The van der Waals surface area contributed by atoms with Crippen LogP contribution in [0.5, 0.6) is 0 Å². The number of ether oxygens (including phenoxy) is 1. The highest BCUT2D eigenvalue weighted by Gasteiger charge is 2.21. The predicted molar refractivity (Wildman–Crippen MR) is 92.0 cm³/mol. The molecule has 0 fully saturated rings. The Balaban J connectivity index is 2.08. The van der Waals surface area contributed by atoms with E-state index in [4.69, 9.17) is 10.5 Å². The summed E-state index contributed by atoms with van der Waals surface area (Å²) < 4.78 is 8.25. The lowest BCUT2D eigenvalue weighted by atomic mass is 10.1. The highest BCUT2D eigenvalue weighted by Crippen LogP contribution is 2.32. The van der Waals surface area contributed by atoms with Gasteiger partial charge in [-0.1, -0.05) is 35.0 Å². The van der Waals surface area contributed by atoms with E-state index < -0.39 is 0 Å². The van der Waals surface area contributed by atoms with Crippen LogP contribution in [0.25, 0.3) is 0 Å². The van der Waals surface area contributed by atoms with Crippen molar-refractivity contribution in [3.63, 3.8) is 0 Å². The van der Waals surface area contributed by atoms with Crippen LogP contribution in [0.2, 0.25) is 0 Å². The van der Waals surface area contributed by atoms with Gasteiger partial charge in [-0.3, -0.25) is 0 Å². The van der Waals surface area contributed by atoms with Gasteiger partial charge < -0.3 is 10.5 Å². The monoisotopic (exact) mass is 417 g/mol. The molecule has 2 rings (SSSR count). The topological polar surface area (TPSA) is 35.2 Å². The Bertz CT molecular complexity index is 558. The first kappa shape index (κ1) is 16.2. The number of benzene rings is 1. The maximum atomic E-state index is 6.21. The Morgan fingerprint density at radius 3 is 2.65 bits per heavy atom. The maximum Gasteiger partial charge on any atom is 0.107 e. The fraction of sp³-hybridized carbons (Fsp3) is 0.333. The van der Waals surface area contributed by atoms with Gasteiger partial charge in [-0.2, -0.15) is 0 Å². The molecule has 0 aliphatic carbocycles. The van der Waals surface area contributed by atoms with E-state index in [0.29, 0.717) is 6.61 Å². The lowest BCUT2D eigenvalue weighted by molar-refractivity contribution is 0.0236. The summed E-state index contributed by atoms with van der Waals surface area (Å²) in [5.74, 6) is 0. The van der Waals surface area contributed by atoms with Gasteiger partial charge in [-0.25, -0.2) is 0 Å². The number of nitrogens with two attached hydrogens (primary N) is 1. The molecule has 2 aromatic rings. The molecule has 1 aromatic heterocycles. The van der Waals surface area contributed by atoms with Crippen LogP contribution in [0.1, 0.15) is 29.9 Å². The molecule has 20 heavy (non-hydrogen) atoms. The molecule has 2 nitrogen and oxygen atoms in total. The molecule has 0 spiro atoms. The molecule has 0 bridgehead atoms. The van der Waals surface area contributed by atoms with Crippen LogP contribution in [0.4, 0.5) is 0 Å². The molecule has 2 unspecified atom stereocenters. The molecule has 2 N–H and O–H groups in total. The number of thiophene rings is 1. The van der Waals surface area contributed by atoms with Crippen LogP contribution >= 0.6 is 43.2 Å². The minimum atomic E-state index is -0.0599. The Hall–Kier alpha value is -0.200. The van der Waals surface area contributed by atoms with Gasteiger partial charge in [-0.15, -0.1) is 11.3 Å². The van der Waals surface area contributed by atoms with Crippen molar-refractivity contribution in [1.29, 1.82) is 0 Å². The second-order valence-corrected chi connectivity index (χ2v) is 7.99. The molecule has 0 saturated carbocycles. The molecular weight excluding hydrogens is 402 g/mol. The van der Waals surface area contributed by atoms with Gasteiger partial charge in [-0.05, 0) is 52.2 Å². The third-order valence-electron chi connectivity index (χ3n) is 3.05. The Morgan fingerprint density at radius 1 is 1.25 bits per heavy atom. The normalized spacial score (nSPS) is 14.2. The van der Waals surface area contributed by atoms with E-state index >= 15 is 0 Å². The van der Waals surface area contributed by atoms with Gasteiger partial charge >= 0.3 is 0 Å². The minimum absolute atomic E-state index is 0.00713. The molecule has 0 saturated heterocycles. The zero-order valence-electron chi connectivity index (χ0n) is 11.2. The van der Waals surface area contributed by atoms with Crippen molar-refractivity contribution >= 4 is 43.2 Å². The van der Waals surface area contributed by atoms with Crippen molar-refractivity contribution in [3.05, 3.63) is 55.1 Å². The fourth-order valence-electron chi connectivity index (χ4n) is 1.92. The number of hydrogen-bond donors (Lipinski definition) is 1. The quantitative estimate of drug-likeness (QED) is 0.693. The van der Waals surface area contributed by atoms with Crippen molar-refractivity contribution in [3.8, 4) is 0 Å². The van der Waals surface area contributed by atoms with Crippen molar-refractivity contribution in [2.24, 2.45) is 5.73 Å². The van der Waals surface area contributed by atoms with Gasteiger partial charge in [0.05, 0.1) is 10.4 Å². The summed E-state index contributed by atoms with van der Waals surface area (Å²) in [5.41, 5.74) is 7.35. The van der Waals surface area contributed by atoms with Gasteiger partial charge in [0.1, 0.15) is 6.10 Å². The van der Waals surface area contributed by atoms with Gasteiger partial charge in [0, 0.05) is 15.4 Å². The van der Waals surface area contributed by atoms with E-state index in [1.54, 1.807) is 11.3 Å². The van der Waals surface area contributed by atoms with Crippen molar-refractivity contribution in [1.82, 2.24) is 0 Å². The SMILES string of the molecule is CCC(N)C(OCc1cccc(Br)c1)c1ccc(Br)s1. The summed E-state index contributed by atoms with van der Waals surface area (Å²) >= 11 is 8.65. The van der Waals surface area contributed by atoms with Crippen molar-refractivity contribution < 1.29 is 4.74 Å². The van der Waals surface area contributed by atoms with E-state index in [1.807, 2.05) is 18.2 Å². The van der Waals surface area contributed by atoms with Crippen LogP contribution < -0.4 is 5.73 Å². The largest absolute Gasteiger partial charge is 0.366 e. The summed E-state index contributed by atoms with van der Waals surface area (Å²) in [7, 11) is 0. The average Bonchev–Trinajstić information content (AvgIpc) is 2.85. The van der Waals surface area contributed by atoms with E-state index in [9.17, 15) is 0 Å². The molecular formula is C15H17Br2NOS. The third kappa shape index (κ3) is 4.40. The van der Waals surface area contributed by atoms with Crippen LogP contribution in [-0.2, 0) is 11.3 Å². The van der Waals surface area contributed by atoms with E-state index in [0.717, 1.165) is 20.2 Å². The van der Waals surface area contributed by atoms with Crippen LogP contribution in [-0.4, -0.2) is 6.04 Å². The van der Waals surface area contributed by atoms with Crippen molar-refractivity contribution in [2.45, 2.75) is 32.1 Å². The second-order valence-electron chi connectivity index (χ2n) is 4.58. The summed E-state index contributed by atoms with van der Waals surface area (Å²) in [6.45, 7) is 2.65. The zero-order chi connectivity index (χ0) is 14.5. The van der Waals surface area contributed by atoms with Gasteiger partial charge in [0.15, 0.2) is 0 Å². The highest BCUT2D eigenvalue weighted by molar-refractivity contribution is 9.11. The lowest BCUT2D eigenvalue weighted by Crippen LogP contribution is -2.29. The summed E-state index contributed by atoms with van der Waals surface area (Å²) in [6, 6.07) is 12.3. The average molecular weight is 419 g/mol. The molecule has 1 aromatic carbocycles. The standard InChI is InChI=1S/C15H17Br2NOS/c1-2-12(18)15(13-6-7-14(17)20-13)19-9-10-4-3-5-11(16)8-10/h3-8,12,15H,2,9,18H2,1H3. The van der Waals surface area contributed by atoms with Gasteiger partial charge in [0.25, 0.3) is 0 Å². The van der Waals surface area contributed by atoms with E-state index in [-0.39, 0.29) is 12.1 Å². The lowest BCUT2D eigenvalue weighted by Gasteiger charge is -2.22. The zero-order valence-corrected chi connectivity index (χ0v) is 15.2. The molecule has 5 heteroatoms. The number of rotatable bonds is 6. The highest BCUT2D eigenvalue weighted by atomic mass is 79.9. The Kier molecular flexibility index (Phi) is 6.23. The third-order valence-corrected chi connectivity index (χ3v) is 5.23. The molecule has 0 aliphatic heterocycles. The maximum absolute atomic E-state index is 6.21. The molecule has 108 valence electrons. The summed E-state index contributed by atoms with van der Waals surface area (Å²) in [6.07, 6.45) is 0.828. The molecule has 0 radical (unpaired) electrons. The first-order valence-corrected chi connectivity index (χ1v) is 8.87. The predicted octanol–water partition coefficient (Wildman–Crippen LogP) is 5.27. The summed E-state index contributed by atoms with van der Waals surface area (Å²) in [4.78, 5) is 1.17. The summed E-state index contributed by atoms with van der Waals surface area (Å²) in [5, 5.41) is 0. The minimum Gasteiger partial charge on any atom is -0.366 e. The smallest absolute Gasteiger partial charge is 0.107 e. The van der Waals surface area contributed by atoms with Crippen molar-refractivity contribution in [2.75, 3.05) is 0 Å². The molecule has 0 amide bonds. The van der Waals surface area contributed by atoms with Gasteiger partial charge in [0.2, 0.25) is 0 Å².